The largest absolute Gasteiger partial charge is 0.740 e. The molecule has 1 amide bonds. The van der Waals surface area contributed by atoms with E-state index in [1.54, 1.807) is 13.8 Å². The van der Waals surface area contributed by atoms with Crippen LogP contribution in [0.5, 0.6) is 0 Å². The average molecular weight is 423 g/mol. The van der Waals surface area contributed by atoms with Crippen LogP contribution in [0.25, 0.3) is 0 Å². The third kappa shape index (κ3) is 4.57. The van der Waals surface area contributed by atoms with E-state index in [1.807, 2.05) is 38.1 Å². The van der Waals surface area contributed by atoms with Gasteiger partial charge in [0.25, 0.3) is 5.91 Å². The number of likely N-dealkylation sites (tertiary alicyclic amines) is 1. The summed E-state index contributed by atoms with van der Waals surface area (Å²) < 4.78 is 0. The molecule has 3 atom stereocenters. The number of carbonyl (C=O) groups excluding carboxylic acids is 3. The number of carbonyl (C=O) groups is 3. The van der Waals surface area contributed by atoms with Gasteiger partial charge < -0.3 is 22.3 Å². The Bertz CT molecular complexity index is 749. The van der Waals surface area contributed by atoms with Gasteiger partial charge in [-0.2, -0.15) is 0 Å². The fraction of sp³-hybridized carbons (Fsp3) is 0.591. The zero-order valence-electron chi connectivity index (χ0n) is 17.0. The predicted octanol–water partition coefficient (Wildman–Crippen LogP) is 4.52. The lowest BCUT2D eigenvalue weighted by atomic mass is 9.74. The summed E-state index contributed by atoms with van der Waals surface area (Å²) in [5.41, 5.74) is 0.207. The van der Waals surface area contributed by atoms with Gasteiger partial charge in [0.1, 0.15) is 0 Å². The third-order valence-electron chi connectivity index (χ3n) is 6.13. The summed E-state index contributed by atoms with van der Waals surface area (Å²) in [4.78, 5) is 39.7. The number of rotatable bonds is 7. The monoisotopic (exact) mass is 422 g/mol. The summed E-state index contributed by atoms with van der Waals surface area (Å²) in [5, 5.41) is 0.169. The SMILES string of the molecule is CCC(c1ccccc1Cl)C1CCCN(C(=O)C(=O)C(C)(C)CC)C1C(=O)[S-]. The number of hydrogen-bond donors (Lipinski definition) is 0. The summed E-state index contributed by atoms with van der Waals surface area (Å²) in [7, 11) is 0. The van der Waals surface area contributed by atoms with Gasteiger partial charge in [0.2, 0.25) is 5.78 Å². The molecule has 154 valence electrons. The van der Waals surface area contributed by atoms with E-state index < -0.39 is 28.3 Å². The van der Waals surface area contributed by atoms with Crippen LogP contribution in [0.4, 0.5) is 0 Å². The highest BCUT2D eigenvalue weighted by Gasteiger charge is 2.43. The predicted molar refractivity (Wildman–Crippen MR) is 114 cm³/mol. The van der Waals surface area contributed by atoms with E-state index in [4.69, 9.17) is 24.2 Å². The van der Waals surface area contributed by atoms with E-state index in [2.05, 4.69) is 0 Å². The van der Waals surface area contributed by atoms with Crippen molar-refractivity contribution in [3.05, 3.63) is 34.9 Å². The fourth-order valence-corrected chi connectivity index (χ4v) is 4.66. The first-order valence-electron chi connectivity index (χ1n) is 9.96. The Labute approximate surface area is 178 Å². The number of piperidine rings is 1. The van der Waals surface area contributed by atoms with Crippen molar-refractivity contribution < 1.29 is 14.4 Å². The normalized spacial score (nSPS) is 21.2. The molecule has 0 bridgehead atoms. The number of ketones is 1. The van der Waals surface area contributed by atoms with Gasteiger partial charge in [0.15, 0.2) is 0 Å². The molecule has 6 heteroatoms. The summed E-state index contributed by atoms with van der Waals surface area (Å²) in [5.74, 6) is -1.20. The van der Waals surface area contributed by atoms with E-state index in [-0.39, 0.29) is 11.8 Å². The minimum Gasteiger partial charge on any atom is -0.740 e. The van der Waals surface area contributed by atoms with Crippen molar-refractivity contribution in [1.29, 1.82) is 0 Å². The van der Waals surface area contributed by atoms with Crippen LogP contribution in [-0.4, -0.2) is 34.3 Å². The molecule has 1 fully saturated rings. The molecule has 28 heavy (non-hydrogen) atoms. The van der Waals surface area contributed by atoms with E-state index in [9.17, 15) is 14.4 Å². The second kappa shape index (κ2) is 9.36. The van der Waals surface area contributed by atoms with E-state index in [0.717, 1.165) is 24.8 Å². The maximum Gasteiger partial charge on any atom is 0.291 e. The van der Waals surface area contributed by atoms with Gasteiger partial charge in [-0.3, -0.25) is 9.59 Å². The van der Waals surface area contributed by atoms with Crippen LogP contribution in [-0.2, 0) is 27.0 Å². The number of nitrogens with zero attached hydrogens (tertiary/aromatic N) is 1. The highest BCUT2D eigenvalue weighted by molar-refractivity contribution is 7.77. The van der Waals surface area contributed by atoms with Gasteiger partial charge >= 0.3 is 0 Å². The molecule has 0 aromatic heterocycles. The zero-order valence-corrected chi connectivity index (χ0v) is 18.6. The van der Waals surface area contributed by atoms with Crippen LogP contribution >= 0.6 is 11.6 Å². The van der Waals surface area contributed by atoms with Gasteiger partial charge in [0.05, 0.1) is 6.04 Å². The van der Waals surface area contributed by atoms with Crippen LogP contribution < -0.4 is 0 Å². The van der Waals surface area contributed by atoms with E-state index in [0.29, 0.717) is 18.0 Å². The molecule has 0 aliphatic carbocycles. The Morgan fingerprint density at radius 2 is 1.89 bits per heavy atom. The Balaban J connectivity index is 2.41. The first-order valence-corrected chi connectivity index (χ1v) is 10.7. The van der Waals surface area contributed by atoms with Crippen LogP contribution in [0.2, 0.25) is 5.02 Å². The van der Waals surface area contributed by atoms with E-state index >= 15 is 0 Å². The highest BCUT2D eigenvalue weighted by Crippen LogP contribution is 2.41. The summed E-state index contributed by atoms with van der Waals surface area (Å²) in [6, 6.07) is 6.83. The number of amides is 1. The Hall–Kier alpha value is -1.46. The van der Waals surface area contributed by atoms with Crippen LogP contribution in [0, 0.1) is 11.3 Å². The van der Waals surface area contributed by atoms with Gasteiger partial charge in [0, 0.05) is 22.1 Å². The van der Waals surface area contributed by atoms with E-state index in [1.165, 1.54) is 4.90 Å². The molecule has 3 unspecified atom stereocenters. The lowest BCUT2D eigenvalue weighted by Gasteiger charge is -2.45. The smallest absolute Gasteiger partial charge is 0.291 e. The third-order valence-corrected chi connectivity index (χ3v) is 6.72. The molecule has 0 radical (unpaired) electrons. The topological polar surface area (TPSA) is 54.5 Å². The van der Waals surface area contributed by atoms with Gasteiger partial charge in [-0.15, -0.1) is 0 Å². The molecule has 1 heterocycles. The van der Waals surface area contributed by atoms with Crippen molar-refractivity contribution in [1.82, 2.24) is 4.90 Å². The molecule has 0 saturated carbocycles. The second-order valence-electron chi connectivity index (χ2n) is 8.17. The van der Waals surface area contributed by atoms with Crippen molar-refractivity contribution in [2.24, 2.45) is 11.3 Å². The van der Waals surface area contributed by atoms with Gasteiger partial charge in [-0.25, -0.2) is 0 Å². The molecule has 2 rings (SSSR count). The van der Waals surface area contributed by atoms with Crippen LogP contribution in [0.1, 0.15) is 64.9 Å². The molecule has 0 spiro atoms. The van der Waals surface area contributed by atoms with Crippen LogP contribution in [0.3, 0.4) is 0 Å². The quantitative estimate of drug-likeness (QED) is 0.478. The molecule has 1 aromatic rings. The van der Waals surface area contributed by atoms with Crippen molar-refractivity contribution in [2.75, 3.05) is 6.54 Å². The van der Waals surface area contributed by atoms with Gasteiger partial charge in [-0.05, 0) is 49.1 Å². The van der Waals surface area contributed by atoms with Crippen LogP contribution in [0.15, 0.2) is 24.3 Å². The van der Waals surface area contributed by atoms with Crippen molar-refractivity contribution in [3.8, 4) is 0 Å². The van der Waals surface area contributed by atoms with Gasteiger partial charge in [-0.1, -0.05) is 57.5 Å². The summed E-state index contributed by atoms with van der Waals surface area (Å²) in [6.07, 6.45) is 2.82. The highest BCUT2D eigenvalue weighted by atomic mass is 35.5. The maximum atomic E-state index is 13.0. The van der Waals surface area contributed by atoms with Crippen molar-refractivity contribution in [2.45, 2.75) is 65.3 Å². The minimum atomic E-state index is -0.769. The second-order valence-corrected chi connectivity index (χ2v) is 8.98. The van der Waals surface area contributed by atoms with Crippen molar-refractivity contribution >= 4 is 41.0 Å². The molecular weight excluding hydrogens is 394 g/mol. The van der Waals surface area contributed by atoms with Crippen molar-refractivity contribution in [3.63, 3.8) is 0 Å². The summed E-state index contributed by atoms with van der Waals surface area (Å²) >= 11 is 11.5. The Morgan fingerprint density at radius 1 is 1.25 bits per heavy atom. The lowest BCUT2D eigenvalue weighted by Crippen LogP contribution is -2.56. The molecule has 4 nitrogen and oxygen atoms in total. The lowest BCUT2D eigenvalue weighted by molar-refractivity contribution is -0.154. The molecule has 1 aliphatic heterocycles. The standard InChI is InChI=1S/C22H30ClNO3S/c1-5-14(15-10-7-8-12-17(15)23)16-11-9-13-24(18(16)21(27)28)20(26)19(25)22(3,4)6-2/h7-8,10,12,14,16,18H,5-6,9,11,13H2,1-4H3,(H,27,28)/p-1. The molecular formula is C22H29ClNO3S-. The molecule has 1 aromatic carbocycles. The Morgan fingerprint density at radius 3 is 2.43 bits per heavy atom. The minimum absolute atomic E-state index is 0.00418. The Kier molecular flexibility index (Phi) is 7.63. The number of hydrogen-bond acceptors (Lipinski definition) is 4. The fourth-order valence-electron chi connectivity index (χ4n) is 4.09. The zero-order chi connectivity index (χ0) is 21.1. The maximum absolute atomic E-state index is 13.0. The number of benzene rings is 1. The first-order chi connectivity index (χ1) is 13.2. The molecule has 1 saturated heterocycles. The number of halogens is 1. The number of Topliss-reactive ketones (excluding diaryl/α,β-unsaturated/α-hetero) is 1. The average Bonchev–Trinajstić information content (AvgIpc) is 2.68. The first kappa shape index (κ1) is 22.8. The summed E-state index contributed by atoms with van der Waals surface area (Å²) in [6.45, 7) is 7.83. The molecule has 1 aliphatic rings. The molecule has 0 N–H and O–H groups in total.